The van der Waals surface area contributed by atoms with Crippen molar-refractivity contribution in [3.63, 3.8) is 0 Å². The maximum atomic E-state index is 13.2. The molecular formula is C24H25F2N9O. The zero-order chi connectivity index (χ0) is 25.8. The van der Waals surface area contributed by atoms with E-state index in [4.69, 9.17) is 10.5 Å². The van der Waals surface area contributed by atoms with Gasteiger partial charge in [-0.25, -0.2) is 14.5 Å². The number of nitrogen functional groups attached to an aromatic ring is 1. The quantitative estimate of drug-likeness (QED) is 0.337. The maximum absolute atomic E-state index is 13.2. The van der Waals surface area contributed by atoms with Gasteiger partial charge in [0.15, 0.2) is 5.75 Å². The third kappa shape index (κ3) is 5.26. The number of fused-ring (bicyclic) bond motifs is 1. The van der Waals surface area contributed by atoms with Gasteiger partial charge in [-0.15, -0.1) is 0 Å². The molecule has 12 heteroatoms. The Morgan fingerprint density at radius 2 is 2.00 bits per heavy atom. The summed E-state index contributed by atoms with van der Waals surface area (Å²) in [5.41, 5.74) is 9.28. The monoisotopic (exact) mass is 493 g/mol. The van der Waals surface area contributed by atoms with Crippen LogP contribution in [0.25, 0.3) is 16.8 Å². The van der Waals surface area contributed by atoms with E-state index < -0.39 is 6.61 Å². The number of rotatable bonds is 9. The number of ether oxygens (including phenoxy) is 1. The van der Waals surface area contributed by atoms with E-state index in [-0.39, 0.29) is 22.9 Å². The number of hydrogen-bond donors (Lipinski definition) is 2. The molecule has 0 aliphatic rings. The Morgan fingerprint density at radius 1 is 1.19 bits per heavy atom. The lowest BCUT2D eigenvalue weighted by Gasteiger charge is -2.24. The van der Waals surface area contributed by atoms with Crippen LogP contribution < -0.4 is 20.7 Å². The third-order valence-electron chi connectivity index (χ3n) is 5.48. The van der Waals surface area contributed by atoms with E-state index in [2.05, 4.69) is 26.5 Å². The highest BCUT2D eigenvalue weighted by molar-refractivity contribution is 5.82. The number of pyridine rings is 1. The van der Waals surface area contributed by atoms with Crippen LogP contribution in [0.2, 0.25) is 0 Å². The van der Waals surface area contributed by atoms with Crippen LogP contribution in [0.15, 0.2) is 48.9 Å². The summed E-state index contributed by atoms with van der Waals surface area (Å²) < 4.78 is 32.9. The van der Waals surface area contributed by atoms with E-state index in [1.165, 1.54) is 18.3 Å². The number of hydrogen-bond acceptors (Lipinski definition) is 9. The fourth-order valence-electron chi connectivity index (χ4n) is 3.64. The fourth-order valence-corrected chi connectivity index (χ4v) is 3.64. The second-order valence-electron chi connectivity index (χ2n) is 8.29. The van der Waals surface area contributed by atoms with E-state index in [1.807, 2.05) is 49.1 Å². The number of likely N-dealkylation sites (N-methyl/N-ethyl adjacent to an activating group) is 2. The lowest BCUT2D eigenvalue weighted by atomic mass is 10.1. The molecule has 3 N–H and O–H groups in total. The van der Waals surface area contributed by atoms with E-state index in [1.54, 1.807) is 16.9 Å². The minimum Gasteiger partial charge on any atom is -0.433 e. The number of nitrogens with two attached hydrogens (primary N) is 1. The van der Waals surface area contributed by atoms with Gasteiger partial charge in [0.25, 0.3) is 0 Å². The molecule has 0 radical (unpaired) electrons. The molecule has 3 aromatic heterocycles. The van der Waals surface area contributed by atoms with E-state index >= 15 is 0 Å². The minimum absolute atomic E-state index is 0.0755. The molecule has 0 aliphatic carbocycles. The molecular weight excluding hydrogens is 468 g/mol. The van der Waals surface area contributed by atoms with Gasteiger partial charge < -0.3 is 25.6 Å². The van der Waals surface area contributed by atoms with Gasteiger partial charge in [0.1, 0.15) is 6.07 Å². The third-order valence-corrected chi connectivity index (χ3v) is 5.48. The Morgan fingerprint density at radius 3 is 2.72 bits per heavy atom. The highest BCUT2D eigenvalue weighted by Gasteiger charge is 2.19. The number of nitriles is 1. The molecule has 10 nitrogen and oxygen atoms in total. The second-order valence-corrected chi connectivity index (χ2v) is 8.29. The molecule has 4 rings (SSSR count). The number of aromatic nitrogens is 4. The Hall–Kier alpha value is -4.50. The van der Waals surface area contributed by atoms with Gasteiger partial charge in [0.05, 0.1) is 46.2 Å². The van der Waals surface area contributed by atoms with Gasteiger partial charge >= 0.3 is 6.61 Å². The summed E-state index contributed by atoms with van der Waals surface area (Å²) in [6.07, 6.45) is 4.74. The van der Waals surface area contributed by atoms with E-state index in [0.29, 0.717) is 29.2 Å². The topological polar surface area (TPSA) is 121 Å². The number of anilines is 4. The molecule has 0 bridgehead atoms. The Bertz CT molecular complexity index is 1410. The molecule has 186 valence electrons. The molecule has 4 aromatic rings. The first-order chi connectivity index (χ1) is 17.3. The van der Waals surface area contributed by atoms with Gasteiger partial charge in [0.2, 0.25) is 5.95 Å². The predicted octanol–water partition coefficient (Wildman–Crippen LogP) is 3.59. The van der Waals surface area contributed by atoms with Crippen LogP contribution in [0.5, 0.6) is 5.75 Å². The molecule has 1 aromatic carbocycles. The van der Waals surface area contributed by atoms with Crippen molar-refractivity contribution in [2.45, 2.75) is 6.61 Å². The molecule has 0 spiro atoms. The molecule has 0 aliphatic heterocycles. The van der Waals surface area contributed by atoms with Crippen LogP contribution in [-0.4, -0.2) is 65.3 Å². The van der Waals surface area contributed by atoms with Crippen molar-refractivity contribution in [3.8, 4) is 23.1 Å². The van der Waals surface area contributed by atoms with Gasteiger partial charge in [-0.2, -0.15) is 19.1 Å². The van der Waals surface area contributed by atoms with Gasteiger partial charge in [0, 0.05) is 38.0 Å². The Kier molecular flexibility index (Phi) is 7.12. The molecule has 36 heavy (non-hydrogen) atoms. The molecule has 0 unspecified atom stereocenters. The summed E-state index contributed by atoms with van der Waals surface area (Å²) in [5.74, 6) is -0.0390. The molecule has 0 saturated heterocycles. The van der Waals surface area contributed by atoms with Crippen molar-refractivity contribution < 1.29 is 13.5 Å². The SMILES string of the molecule is CN(C)CCN(C)c1cc(OC(F)F)c(Nc2ncc(C#N)c(-c3cnn4ccccc34)n2)cc1N. The first-order valence-electron chi connectivity index (χ1n) is 11.0. The first kappa shape index (κ1) is 24.6. The summed E-state index contributed by atoms with van der Waals surface area (Å²) >= 11 is 0. The highest BCUT2D eigenvalue weighted by atomic mass is 19.3. The number of nitrogens with one attached hydrogen (secondary N) is 1. The van der Waals surface area contributed by atoms with Crippen molar-refractivity contribution in [1.29, 1.82) is 5.26 Å². The van der Waals surface area contributed by atoms with Crippen molar-refractivity contribution in [2.24, 2.45) is 0 Å². The van der Waals surface area contributed by atoms with Gasteiger partial charge in [-0.1, -0.05) is 6.07 Å². The average Bonchev–Trinajstić information content (AvgIpc) is 3.28. The maximum Gasteiger partial charge on any atom is 0.387 e. The minimum atomic E-state index is -3.05. The number of halogens is 2. The number of nitrogens with zero attached hydrogens (tertiary/aromatic N) is 7. The normalized spacial score (nSPS) is 11.2. The summed E-state index contributed by atoms with van der Waals surface area (Å²) in [5, 5.41) is 16.8. The predicted molar refractivity (Wildman–Crippen MR) is 134 cm³/mol. The fraction of sp³-hybridized carbons (Fsp3) is 0.250. The zero-order valence-corrected chi connectivity index (χ0v) is 20.0. The van der Waals surface area contributed by atoms with Gasteiger partial charge in [-0.05, 0) is 32.3 Å². The lowest BCUT2D eigenvalue weighted by molar-refractivity contribution is -0.0493. The number of benzene rings is 1. The molecule has 0 saturated carbocycles. The molecule has 0 fully saturated rings. The zero-order valence-electron chi connectivity index (χ0n) is 20.0. The standard InChI is InChI=1S/C24H25F2N9O/c1-33(2)8-9-34(3)20-11-21(36-23(25)26)18(10-17(20)28)31-24-29-13-15(12-27)22(32-24)16-14-30-35-7-5-4-6-19(16)35/h4-7,10-11,13-14,23H,8-9,28H2,1-3H3,(H,29,31,32). The first-order valence-corrected chi connectivity index (χ1v) is 11.0. The number of alkyl halides is 2. The Balaban J connectivity index is 1.72. The molecule has 0 atom stereocenters. The average molecular weight is 494 g/mol. The highest BCUT2D eigenvalue weighted by Crippen LogP contribution is 2.37. The van der Waals surface area contributed by atoms with Gasteiger partial charge in [-0.3, -0.25) is 0 Å². The summed E-state index contributed by atoms with van der Waals surface area (Å²) in [6.45, 7) is -1.68. The van der Waals surface area contributed by atoms with Crippen molar-refractivity contribution in [3.05, 3.63) is 54.5 Å². The van der Waals surface area contributed by atoms with Crippen molar-refractivity contribution in [2.75, 3.05) is 50.2 Å². The molecule has 3 heterocycles. The van der Waals surface area contributed by atoms with Crippen LogP contribution in [0.4, 0.5) is 31.8 Å². The van der Waals surface area contributed by atoms with E-state index in [9.17, 15) is 14.0 Å². The summed E-state index contributed by atoms with van der Waals surface area (Å²) in [7, 11) is 5.70. The largest absolute Gasteiger partial charge is 0.433 e. The van der Waals surface area contributed by atoms with Crippen molar-refractivity contribution >= 4 is 28.5 Å². The smallest absolute Gasteiger partial charge is 0.387 e. The lowest BCUT2D eigenvalue weighted by Crippen LogP contribution is -2.29. The summed E-state index contributed by atoms with van der Waals surface area (Å²) in [4.78, 5) is 12.5. The van der Waals surface area contributed by atoms with Crippen LogP contribution in [-0.2, 0) is 0 Å². The van der Waals surface area contributed by atoms with Crippen LogP contribution >= 0.6 is 0 Å². The summed E-state index contributed by atoms with van der Waals surface area (Å²) in [6, 6.07) is 10.6. The molecule has 0 amide bonds. The van der Waals surface area contributed by atoms with Crippen LogP contribution in [0.3, 0.4) is 0 Å². The Labute approximate surface area is 206 Å². The van der Waals surface area contributed by atoms with Crippen LogP contribution in [0, 0.1) is 11.3 Å². The van der Waals surface area contributed by atoms with E-state index in [0.717, 1.165) is 12.1 Å². The van der Waals surface area contributed by atoms with Crippen LogP contribution in [0.1, 0.15) is 5.56 Å². The van der Waals surface area contributed by atoms with Crippen molar-refractivity contribution in [1.82, 2.24) is 24.5 Å². The second kappa shape index (κ2) is 10.4.